The van der Waals surface area contributed by atoms with Gasteiger partial charge in [-0.3, -0.25) is 4.31 Å². The van der Waals surface area contributed by atoms with Crippen molar-refractivity contribution in [2.75, 3.05) is 11.4 Å². The minimum atomic E-state index is -3.91. The molecule has 3 aromatic rings. The maximum absolute atomic E-state index is 13.3. The first kappa shape index (κ1) is 16.3. The predicted octanol–water partition coefficient (Wildman–Crippen LogP) is 2.52. The molecule has 0 aliphatic carbocycles. The number of fused-ring (bicyclic) bond motifs is 3. The first-order valence-corrected chi connectivity index (χ1v) is 8.97. The Labute approximate surface area is 148 Å². The molecule has 2 heterocycles. The van der Waals surface area contributed by atoms with Crippen LogP contribution < -0.4 is 4.31 Å². The second kappa shape index (κ2) is 5.40. The molecule has 9 heteroatoms. The topological polar surface area (TPSA) is 92.5 Å². The van der Waals surface area contributed by atoms with E-state index in [4.69, 9.17) is 0 Å². The number of aromatic carboxylic acids is 1. The Hall–Kier alpha value is -3.20. The number of anilines is 1. The summed E-state index contributed by atoms with van der Waals surface area (Å²) in [5.74, 6) is -1.81. The van der Waals surface area contributed by atoms with Gasteiger partial charge in [0.15, 0.2) is 5.69 Å². The Kier molecular flexibility index (Phi) is 3.38. The van der Waals surface area contributed by atoms with E-state index in [1.54, 1.807) is 18.2 Å². The molecule has 7 nitrogen and oxygen atoms in total. The van der Waals surface area contributed by atoms with E-state index < -0.39 is 27.5 Å². The lowest BCUT2D eigenvalue weighted by molar-refractivity contribution is 0.0691. The summed E-state index contributed by atoms with van der Waals surface area (Å²) in [4.78, 5) is 11.7. The van der Waals surface area contributed by atoms with Gasteiger partial charge in [-0.2, -0.15) is 5.10 Å². The highest BCUT2D eigenvalue weighted by Gasteiger charge is 2.39. The van der Waals surface area contributed by atoms with Gasteiger partial charge in [0.25, 0.3) is 10.0 Å². The summed E-state index contributed by atoms with van der Waals surface area (Å²) in [5.41, 5.74) is 0.648. The van der Waals surface area contributed by atoms with Crippen molar-refractivity contribution in [3.8, 4) is 16.9 Å². The van der Waals surface area contributed by atoms with Gasteiger partial charge in [-0.15, -0.1) is 0 Å². The van der Waals surface area contributed by atoms with Gasteiger partial charge in [-0.25, -0.2) is 22.3 Å². The lowest BCUT2D eigenvalue weighted by atomic mass is 10.1. The highest BCUT2D eigenvalue weighted by atomic mass is 32.2. The molecule has 1 aliphatic rings. The fourth-order valence-corrected chi connectivity index (χ4v) is 4.42. The quantitative estimate of drug-likeness (QED) is 0.745. The molecule has 4 rings (SSSR count). The first-order chi connectivity index (χ1) is 12.3. The average molecular weight is 373 g/mol. The number of halogens is 1. The zero-order valence-electron chi connectivity index (χ0n) is 13.4. The molecule has 0 saturated carbocycles. The second-order valence-electron chi connectivity index (χ2n) is 5.71. The zero-order chi connectivity index (χ0) is 18.6. The van der Waals surface area contributed by atoms with Crippen LogP contribution in [0.3, 0.4) is 0 Å². The summed E-state index contributed by atoms with van der Waals surface area (Å²) >= 11 is 0. The van der Waals surface area contributed by atoms with Gasteiger partial charge in [-0.05, 0) is 30.3 Å². The lowest BCUT2D eigenvalue weighted by Crippen LogP contribution is -2.31. The number of carbonyl (C=O) groups is 1. The average Bonchev–Trinajstić information content (AvgIpc) is 3.01. The van der Waals surface area contributed by atoms with Crippen molar-refractivity contribution in [2.45, 2.75) is 4.90 Å². The standard InChI is InChI=1S/C17H12FN3O4S/c1-20-16-14(17(22)23)19-21(11-8-6-10(18)7-9-11)15(16)12-4-2-3-5-13(12)26(20,24)25/h2-9H,1H3,(H,22,23). The van der Waals surface area contributed by atoms with E-state index in [0.717, 1.165) is 4.31 Å². The molecular weight excluding hydrogens is 361 g/mol. The summed E-state index contributed by atoms with van der Waals surface area (Å²) in [7, 11) is -2.62. The minimum absolute atomic E-state index is 0.0273. The van der Waals surface area contributed by atoms with Crippen LogP contribution in [0.1, 0.15) is 10.5 Å². The molecule has 132 valence electrons. The first-order valence-electron chi connectivity index (χ1n) is 7.53. The molecule has 0 unspecified atom stereocenters. The molecule has 0 radical (unpaired) electrons. The smallest absolute Gasteiger partial charge is 0.358 e. The van der Waals surface area contributed by atoms with E-state index in [9.17, 15) is 22.7 Å². The molecule has 0 bridgehead atoms. The van der Waals surface area contributed by atoms with Crippen LogP contribution in [0.2, 0.25) is 0 Å². The van der Waals surface area contributed by atoms with Crippen LogP contribution in [0.5, 0.6) is 0 Å². The van der Waals surface area contributed by atoms with E-state index in [1.807, 2.05) is 0 Å². The van der Waals surface area contributed by atoms with Crippen molar-refractivity contribution in [1.82, 2.24) is 9.78 Å². The Bertz CT molecular complexity index is 1150. The number of hydrogen-bond acceptors (Lipinski definition) is 4. The van der Waals surface area contributed by atoms with E-state index in [2.05, 4.69) is 5.10 Å². The summed E-state index contributed by atoms with van der Waals surface area (Å²) in [6.07, 6.45) is 0. The van der Waals surface area contributed by atoms with Gasteiger partial charge in [0.05, 0.1) is 10.6 Å². The fraction of sp³-hybridized carbons (Fsp3) is 0.0588. The van der Waals surface area contributed by atoms with Gasteiger partial charge in [0.1, 0.15) is 17.2 Å². The van der Waals surface area contributed by atoms with Crippen LogP contribution in [0.15, 0.2) is 53.4 Å². The molecule has 0 fully saturated rings. The van der Waals surface area contributed by atoms with Crippen molar-refractivity contribution >= 4 is 21.7 Å². The predicted molar refractivity (Wildman–Crippen MR) is 91.5 cm³/mol. The number of carboxylic acids is 1. The minimum Gasteiger partial charge on any atom is -0.476 e. The molecule has 2 aromatic carbocycles. The number of hydrogen-bond donors (Lipinski definition) is 1. The monoisotopic (exact) mass is 373 g/mol. The molecule has 1 aliphatic heterocycles. The molecule has 1 aromatic heterocycles. The number of carboxylic acid groups (broad SMARTS) is 1. The highest BCUT2D eigenvalue weighted by molar-refractivity contribution is 7.93. The number of benzene rings is 2. The molecule has 0 atom stereocenters. The van der Waals surface area contributed by atoms with Gasteiger partial charge in [0.2, 0.25) is 0 Å². The third-order valence-electron chi connectivity index (χ3n) is 4.23. The molecule has 0 spiro atoms. The van der Waals surface area contributed by atoms with Gasteiger partial charge >= 0.3 is 5.97 Å². The number of nitrogens with zero attached hydrogens (tertiary/aromatic N) is 3. The number of sulfonamides is 1. The van der Waals surface area contributed by atoms with Crippen molar-refractivity contribution in [3.63, 3.8) is 0 Å². The van der Waals surface area contributed by atoms with Gasteiger partial charge in [0, 0.05) is 12.6 Å². The summed E-state index contributed by atoms with van der Waals surface area (Å²) in [6, 6.07) is 11.6. The second-order valence-corrected chi connectivity index (χ2v) is 7.65. The maximum atomic E-state index is 13.3. The van der Waals surface area contributed by atoms with Crippen molar-refractivity contribution < 1.29 is 22.7 Å². The number of rotatable bonds is 2. The molecular formula is C17H12FN3O4S. The molecule has 26 heavy (non-hydrogen) atoms. The van der Waals surface area contributed by atoms with Crippen LogP contribution in [0, 0.1) is 5.82 Å². The summed E-state index contributed by atoms with van der Waals surface area (Å²) in [5, 5.41) is 13.6. The van der Waals surface area contributed by atoms with E-state index in [1.165, 1.54) is 42.1 Å². The third-order valence-corrected chi connectivity index (χ3v) is 6.05. The van der Waals surface area contributed by atoms with Gasteiger partial charge < -0.3 is 5.11 Å². The Balaban J connectivity index is 2.13. The van der Waals surface area contributed by atoms with Crippen LogP contribution in [0.4, 0.5) is 10.1 Å². The number of aromatic nitrogens is 2. The molecule has 0 amide bonds. The van der Waals surface area contributed by atoms with Crippen molar-refractivity contribution in [2.24, 2.45) is 0 Å². The van der Waals surface area contributed by atoms with Crippen molar-refractivity contribution in [1.29, 1.82) is 0 Å². The van der Waals surface area contributed by atoms with Crippen LogP contribution in [-0.2, 0) is 10.0 Å². The maximum Gasteiger partial charge on any atom is 0.358 e. The third kappa shape index (κ3) is 2.14. The van der Waals surface area contributed by atoms with E-state index >= 15 is 0 Å². The Morgan fingerprint density at radius 2 is 1.77 bits per heavy atom. The van der Waals surface area contributed by atoms with E-state index in [-0.39, 0.29) is 10.6 Å². The summed E-state index contributed by atoms with van der Waals surface area (Å²) < 4.78 is 41.1. The van der Waals surface area contributed by atoms with Crippen LogP contribution in [0.25, 0.3) is 16.9 Å². The van der Waals surface area contributed by atoms with Crippen molar-refractivity contribution in [3.05, 3.63) is 60.0 Å². The lowest BCUT2D eigenvalue weighted by Gasteiger charge is -2.27. The fourth-order valence-electron chi connectivity index (χ4n) is 3.02. The highest BCUT2D eigenvalue weighted by Crippen LogP contribution is 2.45. The van der Waals surface area contributed by atoms with Crippen LogP contribution >= 0.6 is 0 Å². The normalized spacial score (nSPS) is 14.6. The van der Waals surface area contributed by atoms with Gasteiger partial charge in [-0.1, -0.05) is 18.2 Å². The summed E-state index contributed by atoms with van der Waals surface area (Å²) in [6.45, 7) is 0. The Morgan fingerprint density at radius 3 is 2.42 bits per heavy atom. The van der Waals surface area contributed by atoms with Crippen LogP contribution in [-0.4, -0.2) is 36.3 Å². The SMILES string of the molecule is CN1c2c(C(=O)O)nn(-c3ccc(F)cc3)c2-c2ccccc2S1(=O)=O. The largest absolute Gasteiger partial charge is 0.476 e. The Morgan fingerprint density at radius 1 is 1.12 bits per heavy atom. The molecule has 0 saturated heterocycles. The molecule has 1 N–H and O–H groups in total. The van der Waals surface area contributed by atoms with E-state index in [0.29, 0.717) is 16.9 Å². The zero-order valence-corrected chi connectivity index (χ0v) is 14.2.